The van der Waals surface area contributed by atoms with Crippen LogP contribution in [-0.2, 0) is 16.9 Å². The molecule has 0 aliphatic carbocycles. The maximum atomic E-state index is 12.2. The number of hydrogen-bond acceptors (Lipinski definition) is 6. The monoisotopic (exact) mass is 323 g/mol. The van der Waals surface area contributed by atoms with E-state index in [1.54, 1.807) is 0 Å². The molecule has 8 nitrogen and oxygen atoms in total. The molecule has 0 aliphatic heterocycles. The number of nitrogens with zero attached hydrogens (tertiary/aromatic N) is 4. The average Bonchev–Trinajstić information content (AvgIpc) is 3.07. The number of hydrogen-bond donors (Lipinski definition) is 2. The molecule has 0 spiro atoms. The van der Waals surface area contributed by atoms with Crippen molar-refractivity contribution in [2.75, 3.05) is 0 Å². The molecule has 0 saturated heterocycles. The normalized spacial score (nSPS) is 13.6. The van der Waals surface area contributed by atoms with E-state index in [4.69, 9.17) is 5.11 Å². The van der Waals surface area contributed by atoms with Crippen LogP contribution < -0.4 is 5.32 Å². The highest BCUT2D eigenvalue weighted by molar-refractivity contribution is 7.09. The Labute approximate surface area is 131 Å². The molecule has 0 saturated carbocycles. The smallest absolute Gasteiger partial charge is 0.358 e. The van der Waals surface area contributed by atoms with Crippen LogP contribution in [0, 0.1) is 6.92 Å². The van der Waals surface area contributed by atoms with Crippen LogP contribution in [0.2, 0.25) is 0 Å². The van der Waals surface area contributed by atoms with Crippen LogP contribution >= 0.6 is 11.3 Å². The number of aryl methyl sites for hydroxylation is 1. The van der Waals surface area contributed by atoms with Gasteiger partial charge in [0.15, 0.2) is 5.69 Å². The molecule has 0 radical (unpaired) electrons. The number of rotatable bonds is 6. The third-order valence-corrected chi connectivity index (χ3v) is 4.50. The van der Waals surface area contributed by atoms with Gasteiger partial charge in [0.1, 0.15) is 11.6 Å². The van der Waals surface area contributed by atoms with E-state index in [0.29, 0.717) is 6.42 Å². The summed E-state index contributed by atoms with van der Waals surface area (Å²) in [7, 11) is 0. The van der Waals surface area contributed by atoms with E-state index >= 15 is 0 Å². The summed E-state index contributed by atoms with van der Waals surface area (Å²) in [5.74, 6) is -1.46. The Morgan fingerprint density at radius 2 is 2.23 bits per heavy atom. The summed E-state index contributed by atoms with van der Waals surface area (Å²) in [6.45, 7) is 5.68. The van der Waals surface area contributed by atoms with Gasteiger partial charge in [-0.15, -0.1) is 16.4 Å². The first-order valence-electron chi connectivity index (χ1n) is 6.71. The number of nitrogens with one attached hydrogen (secondary N) is 1. The van der Waals surface area contributed by atoms with E-state index in [9.17, 15) is 9.59 Å². The van der Waals surface area contributed by atoms with Crippen molar-refractivity contribution in [3.63, 3.8) is 0 Å². The van der Waals surface area contributed by atoms with E-state index in [0.717, 1.165) is 10.7 Å². The van der Waals surface area contributed by atoms with Crippen LogP contribution in [-0.4, -0.2) is 37.0 Å². The predicted molar refractivity (Wildman–Crippen MR) is 79.6 cm³/mol. The summed E-state index contributed by atoms with van der Waals surface area (Å²) in [6, 6.07) is 0. The minimum Gasteiger partial charge on any atom is -0.476 e. The number of aromatic carboxylic acids is 1. The van der Waals surface area contributed by atoms with Crippen LogP contribution in [0.1, 0.15) is 41.5 Å². The number of thiazole rings is 1. The van der Waals surface area contributed by atoms with Crippen molar-refractivity contribution >= 4 is 23.2 Å². The van der Waals surface area contributed by atoms with Gasteiger partial charge in [0.25, 0.3) is 0 Å². The zero-order valence-electron chi connectivity index (χ0n) is 12.5. The molecule has 0 aliphatic rings. The van der Waals surface area contributed by atoms with Gasteiger partial charge >= 0.3 is 5.97 Å². The van der Waals surface area contributed by atoms with E-state index in [1.807, 2.05) is 26.2 Å². The van der Waals surface area contributed by atoms with Crippen LogP contribution in [0.5, 0.6) is 0 Å². The highest BCUT2D eigenvalue weighted by Crippen LogP contribution is 2.27. The van der Waals surface area contributed by atoms with Gasteiger partial charge < -0.3 is 10.4 Å². The van der Waals surface area contributed by atoms with Crippen molar-refractivity contribution in [1.82, 2.24) is 25.3 Å². The van der Waals surface area contributed by atoms with Gasteiger partial charge in [0.05, 0.1) is 11.7 Å². The second-order valence-electron chi connectivity index (χ2n) is 5.13. The van der Waals surface area contributed by atoms with Gasteiger partial charge in [-0.3, -0.25) is 4.79 Å². The minimum absolute atomic E-state index is 0.0970. The molecular weight excluding hydrogens is 306 g/mol. The Hall–Kier alpha value is -2.29. The largest absolute Gasteiger partial charge is 0.476 e. The molecular formula is C13H17N5O3S. The lowest BCUT2D eigenvalue weighted by atomic mass is 10.00. The Kier molecular flexibility index (Phi) is 4.55. The van der Waals surface area contributed by atoms with Gasteiger partial charge in [0.2, 0.25) is 5.91 Å². The fraction of sp³-hybridized carbons (Fsp3) is 0.462. The predicted octanol–water partition coefficient (Wildman–Crippen LogP) is 1.18. The fourth-order valence-electron chi connectivity index (χ4n) is 1.87. The van der Waals surface area contributed by atoms with Gasteiger partial charge in [-0.1, -0.05) is 12.1 Å². The first-order chi connectivity index (χ1) is 10.3. The van der Waals surface area contributed by atoms with E-state index < -0.39 is 11.5 Å². The van der Waals surface area contributed by atoms with E-state index in [2.05, 4.69) is 20.6 Å². The summed E-state index contributed by atoms with van der Waals surface area (Å²) in [5, 5.41) is 21.6. The number of carbonyl (C=O) groups is 2. The van der Waals surface area contributed by atoms with Crippen LogP contribution in [0.15, 0.2) is 11.6 Å². The van der Waals surface area contributed by atoms with Crippen LogP contribution in [0.3, 0.4) is 0 Å². The molecule has 2 N–H and O–H groups in total. The molecule has 0 bridgehead atoms. The third kappa shape index (κ3) is 3.48. The fourth-order valence-corrected chi connectivity index (χ4v) is 2.86. The molecule has 1 amide bonds. The zero-order chi connectivity index (χ0) is 16.3. The van der Waals surface area contributed by atoms with Gasteiger partial charge in [-0.05, 0) is 20.3 Å². The first-order valence-corrected chi connectivity index (χ1v) is 7.59. The van der Waals surface area contributed by atoms with E-state index in [-0.39, 0.29) is 18.1 Å². The number of amides is 1. The average molecular weight is 323 g/mol. The molecule has 2 rings (SSSR count). The molecule has 2 heterocycles. The molecule has 1 atom stereocenters. The lowest BCUT2D eigenvalue weighted by molar-refractivity contribution is -0.123. The minimum atomic E-state index is -1.18. The van der Waals surface area contributed by atoms with Crippen LogP contribution in [0.25, 0.3) is 0 Å². The van der Waals surface area contributed by atoms with Gasteiger partial charge in [0, 0.05) is 11.1 Å². The summed E-state index contributed by atoms with van der Waals surface area (Å²) in [6.07, 6.45) is 1.90. The standard InChI is InChI=1S/C13H17N5O3S/c1-4-13(3,12-14-8(2)7-22-12)15-10(19)6-18-5-9(11(20)21)16-17-18/h5,7H,4,6H2,1-3H3,(H,15,19)(H,20,21). The Morgan fingerprint density at radius 1 is 1.50 bits per heavy atom. The van der Waals surface area contributed by atoms with Crippen molar-refractivity contribution in [2.24, 2.45) is 0 Å². The maximum absolute atomic E-state index is 12.2. The summed E-state index contributed by atoms with van der Waals surface area (Å²) < 4.78 is 1.20. The maximum Gasteiger partial charge on any atom is 0.358 e. The first kappa shape index (κ1) is 16.1. The van der Waals surface area contributed by atoms with Crippen LogP contribution in [0.4, 0.5) is 0 Å². The molecule has 118 valence electrons. The molecule has 1 unspecified atom stereocenters. The summed E-state index contributed by atoms with van der Waals surface area (Å²) in [5.41, 5.74) is 0.157. The molecule has 2 aromatic rings. The lowest BCUT2D eigenvalue weighted by Gasteiger charge is -2.27. The molecule has 0 fully saturated rings. The Bertz CT molecular complexity index is 695. The highest BCUT2D eigenvalue weighted by Gasteiger charge is 2.29. The van der Waals surface area contributed by atoms with Gasteiger partial charge in [-0.25, -0.2) is 14.5 Å². The topological polar surface area (TPSA) is 110 Å². The quantitative estimate of drug-likeness (QED) is 0.826. The number of aromatic nitrogens is 4. The Morgan fingerprint density at radius 3 is 2.73 bits per heavy atom. The zero-order valence-corrected chi connectivity index (χ0v) is 13.3. The molecule has 0 aromatic carbocycles. The molecule has 22 heavy (non-hydrogen) atoms. The number of carboxylic acid groups (broad SMARTS) is 1. The summed E-state index contributed by atoms with van der Waals surface area (Å²) in [4.78, 5) is 27.3. The van der Waals surface area contributed by atoms with Crippen molar-refractivity contribution in [3.05, 3.63) is 28.0 Å². The van der Waals surface area contributed by atoms with Crippen molar-refractivity contribution in [1.29, 1.82) is 0 Å². The summed E-state index contributed by atoms with van der Waals surface area (Å²) >= 11 is 1.50. The van der Waals surface area contributed by atoms with Crippen molar-refractivity contribution < 1.29 is 14.7 Å². The van der Waals surface area contributed by atoms with Crippen molar-refractivity contribution in [2.45, 2.75) is 39.3 Å². The molecule has 9 heteroatoms. The Balaban J connectivity index is 2.07. The van der Waals surface area contributed by atoms with Gasteiger partial charge in [-0.2, -0.15) is 0 Å². The number of carboxylic acids is 1. The SMILES string of the molecule is CCC(C)(NC(=O)Cn1cc(C(=O)O)nn1)c1nc(C)cs1. The third-order valence-electron chi connectivity index (χ3n) is 3.28. The highest BCUT2D eigenvalue weighted by atomic mass is 32.1. The molecule has 2 aromatic heterocycles. The second-order valence-corrected chi connectivity index (χ2v) is 5.99. The van der Waals surface area contributed by atoms with E-state index in [1.165, 1.54) is 22.2 Å². The second kappa shape index (κ2) is 6.22. The number of carbonyl (C=O) groups excluding carboxylic acids is 1. The van der Waals surface area contributed by atoms with Crippen molar-refractivity contribution in [3.8, 4) is 0 Å². The lowest BCUT2D eigenvalue weighted by Crippen LogP contribution is -2.44.